The molecule has 0 aliphatic carbocycles. The van der Waals surface area contributed by atoms with Gasteiger partial charge in [0.1, 0.15) is 0 Å². The van der Waals surface area contributed by atoms with Crippen molar-refractivity contribution in [2.24, 2.45) is 5.73 Å². The van der Waals surface area contributed by atoms with Crippen LogP contribution in [0.4, 0.5) is 0 Å². The summed E-state index contributed by atoms with van der Waals surface area (Å²) in [4.78, 5) is 4.15. The molecule has 0 saturated heterocycles. The van der Waals surface area contributed by atoms with Crippen LogP contribution in [0.1, 0.15) is 17.2 Å². The molecule has 1 atom stereocenters. The van der Waals surface area contributed by atoms with E-state index in [1.807, 2.05) is 36.5 Å². The van der Waals surface area contributed by atoms with Crippen molar-refractivity contribution in [3.05, 3.63) is 77.1 Å². The number of hydrogen-bond donors (Lipinski definition) is 1. The molecule has 0 bridgehead atoms. The van der Waals surface area contributed by atoms with Crippen molar-refractivity contribution in [2.45, 2.75) is 12.5 Å². The molecule has 0 aliphatic heterocycles. The van der Waals surface area contributed by atoms with Gasteiger partial charge >= 0.3 is 0 Å². The standard InChI is InChI=1S/C17H15ClN2/c18-14-5-1-3-12(9-14)10-17(19)16-6-2-4-13-11-20-8-7-15(13)16/h1-9,11,17H,10,19H2. The first-order valence-electron chi connectivity index (χ1n) is 6.57. The van der Waals surface area contributed by atoms with Crippen LogP contribution in [0, 0.1) is 0 Å². The molecular weight excluding hydrogens is 268 g/mol. The van der Waals surface area contributed by atoms with Crippen molar-refractivity contribution in [3.8, 4) is 0 Å². The molecule has 2 nitrogen and oxygen atoms in total. The van der Waals surface area contributed by atoms with Crippen molar-refractivity contribution < 1.29 is 0 Å². The second kappa shape index (κ2) is 5.61. The van der Waals surface area contributed by atoms with Gasteiger partial charge in [0.15, 0.2) is 0 Å². The quantitative estimate of drug-likeness (QED) is 0.784. The van der Waals surface area contributed by atoms with Crippen LogP contribution >= 0.6 is 11.6 Å². The molecule has 1 unspecified atom stereocenters. The molecular formula is C17H15ClN2. The topological polar surface area (TPSA) is 38.9 Å². The summed E-state index contributed by atoms with van der Waals surface area (Å²) in [6.07, 6.45) is 4.44. The fraction of sp³-hybridized carbons (Fsp3) is 0.118. The highest BCUT2D eigenvalue weighted by molar-refractivity contribution is 6.30. The lowest BCUT2D eigenvalue weighted by molar-refractivity contribution is 0.728. The van der Waals surface area contributed by atoms with Crippen molar-refractivity contribution in [2.75, 3.05) is 0 Å². The molecule has 0 fully saturated rings. The molecule has 20 heavy (non-hydrogen) atoms. The second-order valence-corrected chi connectivity index (χ2v) is 5.32. The number of halogens is 1. The molecule has 0 spiro atoms. The third-order valence-electron chi connectivity index (χ3n) is 3.46. The van der Waals surface area contributed by atoms with E-state index in [0.717, 1.165) is 33.3 Å². The van der Waals surface area contributed by atoms with Crippen molar-refractivity contribution in [1.82, 2.24) is 4.98 Å². The monoisotopic (exact) mass is 282 g/mol. The van der Waals surface area contributed by atoms with Gasteiger partial charge in [-0.15, -0.1) is 0 Å². The van der Waals surface area contributed by atoms with Gasteiger partial charge in [-0.3, -0.25) is 4.98 Å². The van der Waals surface area contributed by atoms with Crippen LogP contribution in [0.25, 0.3) is 10.8 Å². The summed E-state index contributed by atoms with van der Waals surface area (Å²) in [6, 6.07) is 16.0. The highest BCUT2D eigenvalue weighted by Crippen LogP contribution is 2.25. The smallest absolute Gasteiger partial charge is 0.0408 e. The van der Waals surface area contributed by atoms with Crippen LogP contribution in [0.3, 0.4) is 0 Å². The summed E-state index contributed by atoms with van der Waals surface area (Å²) in [6.45, 7) is 0. The van der Waals surface area contributed by atoms with E-state index < -0.39 is 0 Å². The Balaban J connectivity index is 1.94. The Labute approximate surface area is 123 Å². The second-order valence-electron chi connectivity index (χ2n) is 4.88. The first-order chi connectivity index (χ1) is 9.74. The molecule has 3 heteroatoms. The fourth-order valence-corrected chi connectivity index (χ4v) is 2.71. The maximum Gasteiger partial charge on any atom is 0.0408 e. The summed E-state index contributed by atoms with van der Waals surface area (Å²) in [5.74, 6) is 0. The minimum absolute atomic E-state index is 0.0560. The fourth-order valence-electron chi connectivity index (χ4n) is 2.50. The first kappa shape index (κ1) is 13.1. The lowest BCUT2D eigenvalue weighted by Crippen LogP contribution is -2.13. The van der Waals surface area contributed by atoms with Gasteiger partial charge in [-0.05, 0) is 41.1 Å². The van der Waals surface area contributed by atoms with Gasteiger partial charge in [0.05, 0.1) is 0 Å². The third-order valence-corrected chi connectivity index (χ3v) is 3.69. The molecule has 2 aromatic carbocycles. The summed E-state index contributed by atoms with van der Waals surface area (Å²) < 4.78 is 0. The maximum atomic E-state index is 6.38. The van der Waals surface area contributed by atoms with Gasteiger partial charge in [-0.1, -0.05) is 41.9 Å². The number of pyridine rings is 1. The van der Waals surface area contributed by atoms with E-state index in [9.17, 15) is 0 Å². The molecule has 1 aromatic heterocycles. The Morgan fingerprint density at radius 3 is 2.80 bits per heavy atom. The Morgan fingerprint density at radius 2 is 1.95 bits per heavy atom. The van der Waals surface area contributed by atoms with Gasteiger partial charge in [0, 0.05) is 28.8 Å². The Kier molecular flexibility index (Phi) is 3.68. The van der Waals surface area contributed by atoms with Crippen LogP contribution < -0.4 is 5.73 Å². The molecule has 0 saturated carbocycles. The molecule has 100 valence electrons. The van der Waals surface area contributed by atoms with Crippen LogP contribution in [-0.4, -0.2) is 4.98 Å². The summed E-state index contributed by atoms with van der Waals surface area (Å²) in [5.41, 5.74) is 8.67. The van der Waals surface area contributed by atoms with Crippen LogP contribution in [-0.2, 0) is 6.42 Å². The number of fused-ring (bicyclic) bond motifs is 1. The molecule has 3 rings (SSSR count). The van der Waals surface area contributed by atoms with E-state index in [-0.39, 0.29) is 6.04 Å². The van der Waals surface area contributed by atoms with Gasteiger partial charge in [-0.25, -0.2) is 0 Å². The minimum Gasteiger partial charge on any atom is -0.324 e. The van der Waals surface area contributed by atoms with E-state index in [0.29, 0.717) is 0 Å². The molecule has 1 heterocycles. The zero-order valence-electron chi connectivity index (χ0n) is 11.0. The predicted molar refractivity (Wildman–Crippen MR) is 83.8 cm³/mol. The van der Waals surface area contributed by atoms with Crippen LogP contribution in [0.2, 0.25) is 5.02 Å². The Morgan fingerprint density at radius 1 is 1.10 bits per heavy atom. The summed E-state index contributed by atoms with van der Waals surface area (Å²) in [5, 5.41) is 3.03. The summed E-state index contributed by atoms with van der Waals surface area (Å²) in [7, 11) is 0. The number of nitrogens with zero attached hydrogens (tertiary/aromatic N) is 1. The van der Waals surface area contributed by atoms with Crippen molar-refractivity contribution >= 4 is 22.4 Å². The Bertz CT molecular complexity index is 734. The predicted octanol–water partition coefficient (Wildman–Crippen LogP) is 4.13. The number of rotatable bonds is 3. The SMILES string of the molecule is NC(Cc1cccc(Cl)c1)c1cccc2cnccc12. The third kappa shape index (κ3) is 2.67. The van der Waals surface area contributed by atoms with E-state index >= 15 is 0 Å². The number of aromatic nitrogens is 1. The largest absolute Gasteiger partial charge is 0.324 e. The molecule has 3 aromatic rings. The Hall–Kier alpha value is -1.90. The van der Waals surface area contributed by atoms with E-state index in [2.05, 4.69) is 23.2 Å². The highest BCUT2D eigenvalue weighted by atomic mass is 35.5. The zero-order valence-corrected chi connectivity index (χ0v) is 11.7. The lowest BCUT2D eigenvalue weighted by Gasteiger charge is -2.15. The number of hydrogen-bond acceptors (Lipinski definition) is 2. The number of benzene rings is 2. The average Bonchev–Trinajstić information content (AvgIpc) is 2.46. The lowest BCUT2D eigenvalue weighted by atomic mass is 9.95. The minimum atomic E-state index is -0.0560. The molecule has 2 N–H and O–H groups in total. The van der Waals surface area contributed by atoms with Gasteiger partial charge in [-0.2, -0.15) is 0 Å². The maximum absolute atomic E-state index is 6.38. The highest BCUT2D eigenvalue weighted by Gasteiger charge is 2.10. The van der Waals surface area contributed by atoms with E-state index in [1.165, 1.54) is 0 Å². The van der Waals surface area contributed by atoms with E-state index in [1.54, 1.807) is 6.20 Å². The van der Waals surface area contributed by atoms with Crippen molar-refractivity contribution in [3.63, 3.8) is 0 Å². The number of nitrogens with two attached hydrogens (primary N) is 1. The zero-order chi connectivity index (χ0) is 13.9. The van der Waals surface area contributed by atoms with Crippen LogP contribution in [0.5, 0.6) is 0 Å². The van der Waals surface area contributed by atoms with Gasteiger partial charge < -0.3 is 5.73 Å². The summed E-state index contributed by atoms with van der Waals surface area (Å²) >= 11 is 6.02. The molecule has 0 radical (unpaired) electrons. The first-order valence-corrected chi connectivity index (χ1v) is 6.94. The van der Waals surface area contributed by atoms with Crippen molar-refractivity contribution in [1.29, 1.82) is 0 Å². The van der Waals surface area contributed by atoms with E-state index in [4.69, 9.17) is 17.3 Å². The molecule has 0 aliphatic rings. The van der Waals surface area contributed by atoms with Gasteiger partial charge in [0.25, 0.3) is 0 Å². The van der Waals surface area contributed by atoms with Crippen LogP contribution in [0.15, 0.2) is 60.9 Å². The normalized spacial score (nSPS) is 12.5. The molecule has 0 amide bonds. The average molecular weight is 283 g/mol. The van der Waals surface area contributed by atoms with Gasteiger partial charge in [0.2, 0.25) is 0 Å².